The summed E-state index contributed by atoms with van der Waals surface area (Å²) in [7, 11) is 0. The van der Waals surface area contributed by atoms with E-state index in [1.807, 2.05) is 38.1 Å². The molecule has 0 saturated carbocycles. The first kappa shape index (κ1) is 18.6. The van der Waals surface area contributed by atoms with Crippen molar-refractivity contribution in [3.63, 3.8) is 0 Å². The zero-order chi connectivity index (χ0) is 18.8. The molecule has 0 unspecified atom stereocenters. The van der Waals surface area contributed by atoms with Gasteiger partial charge in [0.2, 0.25) is 0 Å². The van der Waals surface area contributed by atoms with Crippen LogP contribution >= 0.6 is 15.9 Å². The van der Waals surface area contributed by atoms with Gasteiger partial charge in [-0.15, -0.1) is 0 Å². The lowest BCUT2D eigenvalue weighted by atomic mass is 9.99. The Kier molecular flexibility index (Phi) is 5.42. The maximum atomic E-state index is 12.7. The van der Waals surface area contributed by atoms with Crippen LogP contribution < -0.4 is 0 Å². The molecule has 2 aromatic carbocycles. The Balaban J connectivity index is 2.17. The Bertz CT molecular complexity index is 979. The fourth-order valence-corrected chi connectivity index (χ4v) is 3.29. The van der Waals surface area contributed by atoms with Crippen LogP contribution in [0, 0.1) is 19.8 Å². The smallest absolute Gasteiger partial charge is 0.338 e. The third-order valence-corrected chi connectivity index (χ3v) is 4.69. The van der Waals surface area contributed by atoms with Gasteiger partial charge in [0, 0.05) is 15.4 Å². The van der Waals surface area contributed by atoms with Crippen molar-refractivity contribution in [3.05, 3.63) is 63.6 Å². The van der Waals surface area contributed by atoms with Crippen molar-refractivity contribution < 1.29 is 9.53 Å². The average Bonchev–Trinajstić information content (AvgIpc) is 2.59. The molecule has 4 heteroatoms. The molecule has 1 aromatic heterocycles. The van der Waals surface area contributed by atoms with E-state index >= 15 is 0 Å². The highest BCUT2D eigenvalue weighted by molar-refractivity contribution is 9.10. The molecule has 0 radical (unpaired) electrons. The molecule has 134 valence electrons. The number of aromatic nitrogens is 1. The van der Waals surface area contributed by atoms with E-state index in [-0.39, 0.29) is 11.9 Å². The Hall–Kier alpha value is -2.20. The van der Waals surface area contributed by atoms with E-state index in [1.54, 1.807) is 0 Å². The number of rotatable bonds is 4. The number of aryl methyl sites for hydroxylation is 2. The molecule has 0 bridgehead atoms. The minimum atomic E-state index is -0.310. The number of hydrogen-bond donors (Lipinski definition) is 0. The molecule has 0 aliphatic carbocycles. The summed E-state index contributed by atoms with van der Waals surface area (Å²) < 4.78 is 6.40. The van der Waals surface area contributed by atoms with Gasteiger partial charge in [0.15, 0.2) is 0 Å². The van der Waals surface area contributed by atoms with E-state index in [0.29, 0.717) is 12.2 Å². The van der Waals surface area contributed by atoms with Gasteiger partial charge in [-0.2, -0.15) is 0 Å². The van der Waals surface area contributed by atoms with Crippen molar-refractivity contribution in [3.8, 4) is 11.3 Å². The van der Waals surface area contributed by atoms with Crippen molar-refractivity contribution >= 4 is 32.8 Å². The topological polar surface area (TPSA) is 39.2 Å². The summed E-state index contributed by atoms with van der Waals surface area (Å²) in [6.07, 6.45) is 0. The fourth-order valence-electron chi connectivity index (χ4n) is 2.93. The first-order valence-electron chi connectivity index (χ1n) is 8.70. The molecule has 0 atom stereocenters. The van der Waals surface area contributed by atoms with Gasteiger partial charge in [-0.3, -0.25) is 0 Å². The molecule has 0 amide bonds. The third-order valence-electron chi connectivity index (χ3n) is 4.20. The number of nitrogens with zero attached hydrogens (tertiary/aromatic N) is 1. The molecule has 3 aromatic rings. The van der Waals surface area contributed by atoms with Crippen LogP contribution in [0.25, 0.3) is 22.2 Å². The van der Waals surface area contributed by atoms with Gasteiger partial charge in [-0.05, 0) is 49.6 Å². The minimum Gasteiger partial charge on any atom is -0.462 e. The summed E-state index contributed by atoms with van der Waals surface area (Å²) in [5, 5.41) is 0.793. The molecule has 0 N–H and O–H groups in total. The highest BCUT2D eigenvalue weighted by atomic mass is 79.9. The first-order valence-corrected chi connectivity index (χ1v) is 9.49. The Labute approximate surface area is 162 Å². The standard InChI is InChI=1S/C22H22BrNO2/c1-13(2)12-26-22(25)19-11-21(17-7-5-14(3)9-15(17)4)24-20-8-6-16(23)10-18(19)20/h5-11,13H,12H2,1-4H3. The number of esters is 1. The summed E-state index contributed by atoms with van der Waals surface area (Å²) in [6.45, 7) is 8.57. The monoisotopic (exact) mass is 411 g/mol. The first-order chi connectivity index (χ1) is 12.3. The molecule has 0 fully saturated rings. The van der Waals surface area contributed by atoms with Crippen LogP contribution in [0.5, 0.6) is 0 Å². The molecule has 1 heterocycles. The second kappa shape index (κ2) is 7.58. The fraction of sp³-hybridized carbons (Fsp3) is 0.273. The molecular formula is C22H22BrNO2. The van der Waals surface area contributed by atoms with Crippen molar-refractivity contribution in [1.82, 2.24) is 4.98 Å². The number of hydrogen-bond acceptors (Lipinski definition) is 3. The summed E-state index contributed by atoms with van der Waals surface area (Å²) in [5.74, 6) is -0.0205. The van der Waals surface area contributed by atoms with Gasteiger partial charge < -0.3 is 4.74 Å². The highest BCUT2D eigenvalue weighted by Crippen LogP contribution is 2.29. The van der Waals surface area contributed by atoms with E-state index < -0.39 is 0 Å². The molecular weight excluding hydrogens is 390 g/mol. The van der Waals surface area contributed by atoms with Crippen LogP contribution in [0.15, 0.2) is 46.9 Å². The number of benzene rings is 2. The Morgan fingerprint density at radius 2 is 1.88 bits per heavy atom. The van der Waals surface area contributed by atoms with E-state index in [2.05, 4.69) is 48.0 Å². The zero-order valence-electron chi connectivity index (χ0n) is 15.5. The van der Waals surface area contributed by atoms with Gasteiger partial charge in [0.25, 0.3) is 0 Å². The lowest BCUT2D eigenvalue weighted by Gasteiger charge is -2.13. The molecule has 0 saturated heterocycles. The van der Waals surface area contributed by atoms with Crippen molar-refractivity contribution in [2.75, 3.05) is 6.61 Å². The predicted octanol–water partition coefficient (Wildman–Crippen LogP) is 6.09. The van der Waals surface area contributed by atoms with Crippen LogP contribution in [0.4, 0.5) is 0 Å². The molecule has 0 aliphatic heterocycles. The second-order valence-electron chi connectivity index (χ2n) is 7.03. The average molecular weight is 412 g/mol. The molecule has 26 heavy (non-hydrogen) atoms. The van der Waals surface area contributed by atoms with Crippen molar-refractivity contribution in [1.29, 1.82) is 0 Å². The minimum absolute atomic E-state index is 0.289. The highest BCUT2D eigenvalue weighted by Gasteiger charge is 2.17. The summed E-state index contributed by atoms with van der Waals surface area (Å²) >= 11 is 3.48. The molecule has 0 spiro atoms. The zero-order valence-corrected chi connectivity index (χ0v) is 17.1. The number of fused-ring (bicyclic) bond motifs is 1. The van der Waals surface area contributed by atoms with Crippen LogP contribution in [0.1, 0.15) is 35.3 Å². The van der Waals surface area contributed by atoms with Crippen molar-refractivity contribution in [2.24, 2.45) is 5.92 Å². The van der Waals surface area contributed by atoms with E-state index in [9.17, 15) is 4.79 Å². The summed E-state index contributed by atoms with van der Waals surface area (Å²) in [4.78, 5) is 17.5. The van der Waals surface area contributed by atoms with Gasteiger partial charge in [0.05, 0.1) is 23.4 Å². The second-order valence-corrected chi connectivity index (χ2v) is 7.94. The summed E-state index contributed by atoms with van der Waals surface area (Å²) in [5.41, 5.74) is 5.48. The van der Waals surface area contributed by atoms with Crippen LogP contribution in [0.2, 0.25) is 0 Å². The van der Waals surface area contributed by atoms with Crippen molar-refractivity contribution in [2.45, 2.75) is 27.7 Å². The number of ether oxygens (including phenoxy) is 1. The Morgan fingerprint density at radius 3 is 2.58 bits per heavy atom. The van der Waals surface area contributed by atoms with Gasteiger partial charge in [0.1, 0.15) is 0 Å². The van der Waals surface area contributed by atoms with Gasteiger partial charge in [-0.1, -0.05) is 53.5 Å². The lowest BCUT2D eigenvalue weighted by molar-refractivity contribution is 0.0461. The van der Waals surface area contributed by atoms with E-state index in [0.717, 1.165) is 32.2 Å². The molecule has 3 rings (SSSR count). The van der Waals surface area contributed by atoms with E-state index in [1.165, 1.54) is 5.56 Å². The van der Waals surface area contributed by atoms with Crippen LogP contribution in [-0.2, 0) is 4.74 Å². The molecule has 0 aliphatic rings. The largest absolute Gasteiger partial charge is 0.462 e. The number of halogens is 1. The van der Waals surface area contributed by atoms with Gasteiger partial charge >= 0.3 is 5.97 Å². The van der Waals surface area contributed by atoms with Gasteiger partial charge in [-0.25, -0.2) is 9.78 Å². The number of carbonyl (C=O) groups is 1. The lowest BCUT2D eigenvalue weighted by Crippen LogP contribution is -2.11. The Morgan fingerprint density at radius 1 is 1.12 bits per heavy atom. The summed E-state index contributed by atoms with van der Waals surface area (Å²) in [6, 6.07) is 13.9. The van der Waals surface area contributed by atoms with E-state index in [4.69, 9.17) is 9.72 Å². The van der Waals surface area contributed by atoms with Crippen LogP contribution in [0.3, 0.4) is 0 Å². The maximum Gasteiger partial charge on any atom is 0.338 e. The normalized spacial score (nSPS) is 11.2. The van der Waals surface area contributed by atoms with Crippen LogP contribution in [-0.4, -0.2) is 17.6 Å². The SMILES string of the molecule is Cc1ccc(-c2cc(C(=O)OCC(C)C)c3cc(Br)ccc3n2)c(C)c1. The third kappa shape index (κ3) is 3.96. The number of carbonyl (C=O) groups excluding carboxylic acids is 1. The number of pyridine rings is 1. The quantitative estimate of drug-likeness (QED) is 0.487. The maximum absolute atomic E-state index is 12.7. The molecule has 3 nitrogen and oxygen atoms in total. The predicted molar refractivity (Wildman–Crippen MR) is 109 cm³/mol.